The zero-order valence-corrected chi connectivity index (χ0v) is 18.0. The lowest BCUT2D eigenvalue weighted by Crippen LogP contribution is -2.47. The Morgan fingerprint density at radius 2 is 2.06 bits per heavy atom. The van der Waals surface area contributed by atoms with E-state index in [1.807, 2.05) is 0 Å². The molecule has 2 aliphatic carbocycles. The van der Waals surface area contributed by atoms with Crippen LogP contribution in [0.25, 0.3) is 0 Å². The maximum Gasteiger partial charge on any atom is 0.249 e. The molecule has 2 heterocycles. The molecule has 0 bridgehead atoms. The predicted octanol–water partition coefficient (Wildman–Crippen LogP) is 3.09. The molecule has 2 atom stereocenters. The van der Waals surface area contributed by atoms with Crippen LogP contribution in [0.4, 0.5) is 8.78 Å². The molecule has 5 rings (SSSR count). The first-order valence-electron chi connectivity index (χ1n) is 11.6. The minimum atomic E-state index is -2.67. The number of ether oxygens (including phenoxy) is 2. The summed E-state index contributed by atoms with van der Waals surface area (Å²) in [6.45, 7) is 4.20. The van der Waals surface area contributed by atoms with Gasteiger partial charge in [0, 0.05) is 44.9 Å². The number of nitrogens with one attached hydrogen (secondary N) is 1. The highest BCUT2D eigenvalue weighted by Gasteiger charge is 2.49. The van der Waals surface area contributed by atoms with E-state index in [0.717, 1.165) is 32.5 Å². The fraction of sp³-hybridized carbons (Fsp3) is 0.708. The van der Waals surface area contributed by atoms with Crippen LogP contribution >= 0.6 is 0 Å². The minimum absolute atomic E-state index is 0.0897. The molecule has 1 aromatic carbocycles. The summed E-state index contributed by atoms with van der Waals surface area (Å²) in [5, 5.41) is 2.83. The lowest BCUT2D eigenvalue weighted by Gasteiger charge is -2.34. The molecule has 0 aromatic heterocycles. The number of amides is 1. The fourth-order valence-electron chi connectivity index (χ4n) is 5.57. The Balaban J connectivity index is 1.14. The molecule has 3 fully saturated rings. The second kappa shape index (κ2) is 8.41. The first-order chi connectivity index (χ1) is 14.9. The molecule has 1 amide bonds. The molecule has 1 aromatic rings. The number of carbonyl (C=O) groups is 1. The van der Waals surface area contributed by atoms with Gasteiger partial charge in [0.2, 0.25) is 11.8 Å². The zero-order valence-electron chi connectivity index (χ0n) is 18.0. The molecule has 5 nitrogen and oxygen atoms in total. The molecular weight excluding hydrogens is 402 g/mol. The molecule has 0 unspecified atom stereocenters. The average Bonchev–Trinajstić information content (AvgIpc) is 3.29. The third-order valence-electron chi connectivity index (χ3n) is 7.30. The molecule has 31 heavy (non-hydrogen) atoms. The Labute approximate surface area is 182 Å². The number of fused-ring (bicyclic) bond motifs is 1. The van der Waals surface area contributed by atoms with Crippen LogP contribution in [0, 0.1) is 5.92 Å². The maximum absolute atomic E-state index is 13.0. The van der Waals surface area contributed by atoms with Crippen LogP contribution < -0.4 is 5.32 Å². The Morgan fingerprint density at radius 1 is 1.23 bits per heavy atom. The van der Waals surface area contributed by atoms with E-state index in [0.29, 0.717) is 19.8 Å². The first kappa shape index (κ1) is 21.3. The lowest BCUT2D eigenvalue weighted by molar-refractivity contribution is -0.151. The SMILES string of the molecule is O=C(NC[C@H]1CC[C@@]2(COCCN(Cc3ccc4c(c3)CCC4)C2)O1)C1CC(F)(F)C1. The van der Waals surface area contributed by atoms with Gasteiger partial charge in [-0.1, -0.05) is 18.2 Å². The Kier molecular flexibility index (Phi) is 5.78. The summed E-state index contributed by atoms with van der Waals surface area (Å²) >= 11 is 0. The van der Waals surface area contributed by atoms with Gasteiger partial charge in [-0.3, -0.25) is 9.69 Å². The van der Waals surface area contributed by atoms with Gasteiger partial charge in [-0.05, 0) is 48.8 Å². The van der Waals surface area contributed by atoms with Crippen molar-refractivity contribution in [3.63, 3.8) is 0 Å². The fourth-order valence-corrected chi connectivity index (χ4v) is 5.57. The number of halogens is 2. The van der Waals surface area contributed by atoms with Crippen LogP contribution in [-0.2, 0) is 33.7 Å². The molecule has 1 saturated carbocycles. The molecule has 4 aliphatic rings. The van der Waals surface area contributed by atoms with Gasteiger partial charge < -0.3 is 14.8 Å². The van der Waals surface area contributed by atoms with Crippen LogP contribution in [0.15, 0.2) is 18.2 Å². The van der Waals surface area contributed by atoms with Crippen molar-refractivity contribution < 1.29 is 23.0 Å². The van der Waals surface area contributed by atoms with E-state index in [4.69, 9.17) is 9.47 Å². The minimum Gasteiger partial charge on any atom is -0.377 e. The van der Waals surface area contributed by atoms with Crippen molar-refractivity contribution in [2.75, 3.05) is 32.8 Å². The van der Waals surface area contributed by atoms with E-state index in [9.17, 15) is 13.6 Å². The van der Waals surface area contributed by atoms with Gasteiger partial charge in [0.25, 0.3) is 0 Å². The monoisotopic (exact) mass is 434 g/mol. The Hall–Kier alpha value is -1.57. The predicted molar refractivity (Wildman–Crippen MR) is 112 cm³/mol. The van der Waals surface area contributed by atoms with Gasteiger partial charge in [-0.25, -0.2) is 8.78 Å². The second-order valence-corrected chi connectivity index (χ2v) is 9.89. The summed E-state index contributed by atoms with van der Waals surface area (Å²) in [6, 6.07) is 6.89. The molecule has 0 radical (unpaired) electrons. The quantitative estimate of drug-likeness (QED) is 0.774. The highest BCUT2D eigenvalue weighted by atomic mass is 19.3. The van der Waals surface area contributed by atoms with Crippen LogP contribution in [-0.4, -0.2) is 61.3 Å². The largest absolute Gasteiger partial charge is 0.377 e. The highest BCUT2D eigenvalue weighted by Crippen LogP contribution is 2.42. The van der Waals surface area contributed by atoms with Crippen LogP contribution in [0.5, 0.6) is 0 Å². The summed E-state index contributed by atoms with van der Waals surface area (Å²) in [7, 11) is 0. The van der Waals surface area contributed by atoms with Crippen molar-refractivity contribution in [2.45, 2.75) is 69.1 Å². The summed E-state index contributed by atoms with van der Waals surface area (Å²) in [4.78, 5) is 14.5. The van der Waals surface area contributed by atoms with E-state index < -0.39 is 11.8 Å². The second-order valence-electron chi connectivity index (χ2n) is 9.89. The van der Waals surface area contributed by atoms with Gasteiger partial charge in [0.15, 0.2) is 0 Å². The number of nitrogens with zero attached hydrogens (tertiary/aromatic N) is 1. The molecule has 1 spiro atoms. The van der Waals surface area contributed by atoms with E-state index in [2.05, 4.69) is 28.4 Å². The normalized spacial score (nSPS) is 30.7. The summed E-state index contributed by atoms with van der Waals surface area (Å²) in [5.74, 6) is -3.50. The van der Waals surface area contributed by atoms with E-state index in [1.54, 1.807) is 0 Å². The van der Waals surface area contributed by atoms with Crippen molar-refractivity contribution in [3.8, 4) is 0 Å². The molecule has 170 valence electrons. The lowest BCUT2D eigenvalue weighted by atomic mass is 9.81. The van der Waals surface area contributed by atoms with Crippen molar-refractivity contribution in [1.82, 2.24) is 10.2 Å². The number of rotatable bonds is 5. The van der Waals surface area contributed by atoms with E-state index in [-0.39, 0.29) is 30.5 Å². The average molecular weight is 435 g/mol. The first-order valence-corrected chi connectivity index (χ1v) is 11.6. The number of hydrogen-bond acceptors (Lipinski definition) is 4. The topological polar surface area (TPSA) is 50.8 Å². The number of aryl methyl sites for hydroxylation is 2. The van der Waals surface area contributed by atoms with Crippen LogP contribution in [0.1, 0.15) is 48.8 Å². The summed E-state index contributed by atoms with van der Waals surface area (Å²) in [5.41, 5.74) is 3.98. The smallest absolute Gasteiger partial charge is 0.249 e. The van der Waals surface area contributed by atoms with Crippen LogP contribution in [0.2, 0.25) is 0 Å². The number of hydrogen-bond donors (Lipinski definition) is 1. The zero-order chi connectivity index (χ0) is 21.5. The van der Waals surface area contributed by atoms with Crippen LogP contribution in [0.3, 0.4) is 0 Å². The van der Waals surface area contributed by atoms with Gasteiger partial charge in [-0.2, -0.15) is 0 Å². The van der Waals surface area contributed by atoms with Gasteiger partial charge in [-0.15, -0.1) is 0 Å². The third kappa shape index (κ3) is 4.78. The van der Waals surface area contributed by atoms with Crippen molar-refractivity contribution in [3.05, 3.63) is 34.9 Å². The maximum atomic E-state index is 13.0. The highest BCUT2D eigenvalue weighted by molar-refractivity contribution is 5.79. The van der Waals surface area contributed by atoms with Crippen molar-refractivity contribution >= 4 is 5.91 Å². The molecule has 7 heteroatoms. The molecule has 2 aliphatic heterocycles. The van der Waals surface area contributed by atoms with E-state index >= 15 is 0 Å². The van der Waals surface area contributed by atoms with Gasteiger partial charge in [0.05, 0.1) is 19.3 Å². The standard InChI is InChI=1S/C24H32F2N2O3/c25-24(26)11-20(12-24)22(29)27-13-21-6-7-23(31-21)15-28(8-9-30-16-23)14-17-4-5-18-2-1-3-19(18)10-17/h4-5,10,20-21H,1-3,6-9,11-16H2,(H,27,29)/t21-,23-/m1/s1. The summed E-state index contributed by atoms with van der Waals surface area (Å²) in [6.07, 6.45) is 4.62. The van der Waals surface area contributed by atoms with Gasteiger partial charge >= 0.3 is 0 Å². The Morgan fingerprint density at radius 3 is 2.90 bits per heavy atom. The molecular formula is C24H32F2N2O3. The third-order valence-corrected chi connectivity index (χ3v) is 7.30. The molecule has 2 saturated heterocycles. The van der Waals surface area contributed by atoms with Crippen molar-refractivity contribution in [2.24, 2.45) is 5.92 Å². The number of carbonyl (C=O) groups excluding carboxylic acids is 1. The van der Waals surface area contributed by atoms with E-state index in [1.165, 1.54) is 36.0 Å². The van der Waals surface area contributed by atoms with Crippen molar-refractivity contribution in [1.29, 1.82) is 0 Å². The molecule has 1 N–H and O–H groups in total. The van der Waals surface area contributed by atoms with Gasteiger partial charge in [0.1, 0.15) is 5.60 Å². The number of benzene rings is 1. The number of alkyl halides is 2. The Bertz CT molecular complexity index is 825. The summed E-state index contributed by atoms with van der Waals surface area (Å²) < 4.78 is 38.3.